The lowest BCUT2D eigenvalue weighted by molar-refractivity contribution is 0.236. The van der Waals surface area contributed by atoms with Crippen LogP contribution in [0.15, 0.2) is 28.8 Å². The van der Waals surface area contributed by atoms with Gasteiger partial charge in [0.05, 0.1) is 6.54 Å². The van der Waals surface area contributed by atoms with Crippen molar-refractivity contribution in [1.29, 1.82) is 0 Å². The Bertz CT molecular complexity index is 637. The molecule has 2 rings (SSSR count). The number of urea groups is 1. The Kier molecular flexibility index (Phi) is 5.03. The van der Waals surface area contributed by atoms with E-state index in [-0.39, 0.29) is 18.0 Å². The number of aromatic nitrogens is 2. The van der Waals surface area contributed by atoms with Gasteiger partial charge >= 0.3 is 6.03 Å². The number of benzene rings is 1. The number of carbonyl (C=O) groups excluding carboxylic acids is 1. The second-order valence-electron chi connectivity index (χ2n) is 5.66. The molecule has 1 aromatic carbocycles. The molecular weight excluding hydrogens is 304 g/mol. The van der Waals surface area contributed by atoms with Crippen LogP contribution in [0.5, 0.6) is 0 Å². The first-order valence-corrected chi connectivity index (χ1v) is 7.31. The number of nitrogens with zero attached hydrogens (tertiary/aromatic N) is 2. The van der Waals surface area contributed by atoms with Crippen molar-refractivity contribution in [3.8, 4) is 0 Å². The quantitative estimate of drug-likeness (QED) is 0.887. The zero-order chi connectivity index (χ0) is 16.2. The lowest BCUT2D eigenvalue weighted by Gasteiger charge is -2.25. The molecule has 0 unspecified atom stereocenters. The van der Waals surface area contributed by atoms with E-state index in [1.54, 1.807) is 6.92 Å². The SMILES string of the molecule is Cc1noc(CNC(=O)NCC(C)(C)c2ccc(Cl)cc2)n1. The third-order valence-electron chi connectivity index (χ3n) is 3.29. The molecule has 0 saturated carbocycles. The van der Waals surface area contributed by atoms with Gasteiger partial charge in [-0.15, -0.1) is 0 Å². The molecule has 1 aromatic heterocycles. The highest BCUT2D eigenvalue weighted by Crippen LogP contribution is 2.23. The normalized spacial score (nSPS) is 11.3. The summed E-state index contributed by atoms with van der Waals surface area (Å²) in [7, 11) is 0. The van der Waals surface area contributed by atoms with Gasteiger partial charge in [0.15, 0.2) is 5.82 Å². The third-order valence-corrected chi connectivity index (χ3v) is 3.54. The Morgan fingerprint density at radius 2 is 1.95 bits per heavy atom. The zero-order valence-electron chi connectivity index (χ0n) is 12.8. The van der Waals surface area contributed by atoms with E-state index in [4.69, 9.17) is 16.1 Å². The van der Waals surface area contributed by atoms with Crippen molar-refractivity contribution in [1.82, 2.24) is 20.8 Å². The van der Waals surface area contributed by atoms with Gasteiger partial charge in [-0.2, -0.15) is 4.98 Å². The fraction of sp³-hybridized carbons (Fsp3) is 0.400. The van der Waals surface area contributed by atoms with Crippen LogP contribution in [0, 0.1) is 6.92 Å². The summed E-state index contributed by atoms with van der Waals surface area (Å²) in [5.41, 5.74) is 0.896. The van der Waals surface area contributed by atoms with Gasteiger partial charge in [0.1, 0.15) is 0 Å². The molecule has 0 atom stereocenters. The van der Waals surface area contributed by atoms with Crippen molar-refractivity contribution in [3.05, 3.63) is 46.6 Å². The molecule has 0 aliphatic rings. The number of amides is 2. The molecule has 0 saturated heterocycles. The number of hydrogen-bond donors (Lipinski definition) is 2. The molecule has 6 nitrogen and oxygen atoms in total. The first kappa shape index (κ1) is 16.3. The average molecular weight is 323 g/mol. The smallest absolute Gasteiger partial charge is 0.315 e. The molecule has 0 aliphatic carbocycles. The monoisotopic (exact) mass is 322 g/mol. The Labute approximate surface area is 134 Å². The van der Waals surface area contributed by atoms with Crippen LogP contribution in [-0.4, -0.2) is 22.7 Å². The number of hydrogen-bond acceptors (Lipinski definition) is 4. The first-order valence-electron chi connectivity index (χ1n) is 6.94. The number of carbonyl (C=O) groups is 1. The van der Waals surface area contributed by atoms with E-state index in [9.17, 15) is 4.79 Å². The van der Waals surface area contributed by atoms with E-state index in [1.165, 1.54) is 0 Å². The highest BCUT2D eigenvalue weighted by molar-refractivity contribution is 6.30. The van der Waals surface area contributed by atoms with E-state index in [0.29, 0.717) is 23.3 Å². The predicted octanol–water partition coefficient (Wildman–Crippen LogP) is 2.81. The van der Waals surface area contributed by atoms with Gasteiger partial charge in [0, 0.05) is 17.0 Å². The summed E-state index contributed by atoms with van der Waals surface area (Å²) in [6, 6.07) is 7.33. The summed E-state index contributed by atoms with van der Waals surface area (Å²) in [5.74, 6) is 0.922. The molecule has 2 amide bonds. The van der Waals surface area contributed by atoms with Crippen LogP contribution in [0.25, 0.3) is 0 Å². The van der Waals surface area contributed by atoms with Crippen LogP contribution >= 0.6 is 11.6 Å². The first-order chi connectivity index (χ1) is 10.4. The molecule has 2 aromatic rings. The standard InChI is InChI=1S/C15H19ClN4O2/c1-10-19-13(22-20-10)8-17-14(21)18-9-15(2,3)11-4-6-12(16)7-5-11/h4-7H,8-9H2,1-3H3,(H2,17,18,21). The minimum absolute atomic E-state index is 0.202. The summed E-state index contributed by atoms with van der Waals surface area (Å²) in [6.07, 6.45) is 0. The molecule has 118 valence electrons. The fourth-order valence-electron chi connectivity index (χ4n) is 1.93. The molecule has 0 radical (unpaired) electrons. The topological polar surface area (TPSA) is 80.0 Å². The van der Waals surface area contributed by atoms with E-state index in [2.05, 4.69) is 34.6 Å². The summed E-state index contributed by atoms with van der Waals surface area (Å²) < 4.78 is 4.92. The van der Waals surface area contributed by atoms with E-state index in [0.717, 1.165) is 5.56 Å². The highest BCUT2D eigenvalue weighted by Gasteiger charge is 2.21. The molecule has 0 fully saturated rings. The molecule has 1 heterocycles. The Balaban J connectivity index is 1.83. The van der Waals surface area contributed by atoms with Gasteiger partial charge in [0.2, 0.25) is 5.89 Å². The van der Waals surface area contributed by atoms with Crippen molar-refractivity contribution < 1.29 is 9.32 Å². The number of rotatable bonds is 5. The summed E-state index contributed by atoms with van der Waals surface area (Å²) in [6.45, 7) is 6.52. The van der Waals surface area contributed by atoms with Gasteiger partial charge < -0.3 is 15.2 Å². The van der Waals surface area contributed by atoms with Crippen molar-refractivity contribution >= 4 is 17.6 Å². The number of halogens is 1. The van der Waals surface area contributed by atoms with Crippen molar-refractivity contribution in [2.24, 2.45) is 0 Å². The van der Waals surface area contributed by atoms with Crippen LogP contribution in [0.3, 0.4) is 0 Å². The van der Waals surface area contributed by atoms with Crippen LogP contribution in [-0.2, 0) is 12.0 Å². The maximum atomic E-state index is 11.8. The Morgan fingerprint density at radius 3 is 2.55 bits per heavy atom. The van der Waals surface area contributed by atoms with Crippen LogP contribution in [0.2, 0.25) is 5.02 Å². The maximum Gasteiger partial charge on any atom is 0.315 e. The van der Waals surface area contributed by atoms with Gasteiger partial charge in [-0.3, -0.25) is 0 Å². The predicted molar refractivity (Wildman–Crippen MR) is 83.8 cm³/mol. The van der Waals surface area contributed by atoms with Gasteiger partial charge in [-0.25, -0.2) is 4.79 Å². The third kappa shape index (κ3) is 4.46. The van der Waals surface area contributed by atoms with Crippen LogP contribution in [0.1, 0.15) is 31.1 Å². The number of aryl methyl sites for hydroxylation is 1. The summed E-state index contributed by atoms with van der Waals surface area (Å²) in [5, 5.41) is 9.87. The summed E-state index contributed by atoms with van der Waals surface area (Å²) in [4.78, 5) is 15.8. The van der Waals surface area contributed by atoms with Crippen LogP contribution in [0.4, 0.5) is 4.79 Å². The Hall–Kier alpha value is -2.08. The van der Waals surface area contributed by atoms with Crippen LogP contribution < -0.4 is 10.6 Å². The van der Waals surface area contributed by atoms with E-state index in [1.807, 2.05) is 24.3 Å². The average Bonchev–Trinajstić information content (AvgIpc) is 2.89. The minimum Gasteiger partial charge on any atom is -0.337 e. The molecule has 0 spiro atoms. The molecule has 7 heteroatoms. The lowest BCUT2D eigenvalue weighted by atomic mass is 9.85. The zero-order valence-corrected chi connectivity index (χ0v) is 13.6. The lowest BCUT2D eigenvalue weighted by Crippen LogP contribution is -2.42. The molecule has 0 bridgehead atoms. The minimum atomic E-state index is -0.280. The van der Waals surface area contributed by atoms with Crippen molar-refractivity contribution in [2.45, 2.75) is 32.7 Å². The summed E-state index contributed by atoms with van der Waals surface area (Å²) >= 11 is 5.89. The van der Waals surface area contributed by atoms with Gasteiger partial charge in [0.25, 0.3) is 0 Å². The van der Waals surface area contributed by atoms with Gasteiger partial charge in [-0.05, 0) is 24.6 Å². The van der Waals surface area contributed by atoms with E-state index >= 15 is 0 Å². The Morgan fingerprint density at radius 1 is 1.27 bits per heavy atom. The molecular formula is C15H19ClN4O2. The second kappa shape index (κ2) is 6.79. The maximum absolute atomic E-state index is 11.8. The van der Waals surface area contributed by atoms with Gasteiger partial charge in [-0.1, -0.05) is 42.7 Å². The largest absolute Gasteiger partial charge is 0.337 e. The number of nitrogens with one attached hydrogen (secondary N) is 2. The highest BCUT2D eigenvalue weighted by atomic mass is 35.5. The molecule has 2 N–H and O–H groups in total. The second-order valence-corrected chi connectivity index (χ2v) is 6.10. The molecule has 22 heavy (non-hydrogen) atoms. The van der Waals surface area contributed by atoms with E-state index < -0.39 is 0 Å². The molecule has 0 aliphatic heterocycles. The fourth-order valence-corrected chi connectivity index (χ4v) is 2.06. The van der Waals surface area contributed by atoms with Crippen molar-refractivity contribution in [2.75, 3.05) is 6.54 Å². The van der Waals surface area contributed by atoms with Crippen molar-refractivity contribution in [3.63, 3.8) is 0 Å².